The number of aryl methyl sites for hydroxylation is 1. The molecule has 1 N–H and O–H groups in total. The lowest BCUT2D eigenvalue weighted by atomic mass is 9.98. The fourth-order valence-corrected chi connectivity index (χ4v) is 4.37. The van der Waals surface area contributed by atoms with Crippen molar-refractivity contribution < 1.29 is 32.3 Å². The highest BCUT2D eigenvalue weighted by Crippen LogP contribution is 2.65. The smallest absolute Gasteiger partial charge is 0.399 e. The summed E-state index contributed by atoms with van der Waals surface area (Å²) in [5.74, 6) is -2.27. The molecule has 1 aliphatic heterocycles. The van der Waals surface area contributed by atoms with Crippen molar-refractivity contribution >= 4 is 13.6 Å². The van der Waals surface area contributed by atoms with Gasteiger partial charge in [0.15, 0.2) is 5.69 Å². The highest BCUT2D eigenvalue weighted by atomic mass is 31.2. The molecular formula is C13H19F2N2O5P. The van der Waals surface area contributed by atoms with Gasteiger partial charge >= 0.3 is 19.2 Å². The molecule has 2 heterocycles. The van der Waals surface area contributed by atoms with Gasteiger partial charge in [0.05, 0.1) is 13.2 Å². The molecule has 1 aliphatic rings. The molecule has 0 fully saturated rings. The van der Waals surface area contributed by atoms with Gasteiger partial charge in [0, 0.05) is 25.1 Å². The standard InChI is InChI=1S/C13H19F2N2O5P/c1-3-21-23(20,22-4-2)13(14,15)9-5-6-17-8-10(12(18)19)16-11(17)7-9/h8-9H,3-7H2,1-2H3,(H,18,19). The van der Waals surface area contributed by atoms with E-state index in [9.17, 15) is 18.1 Å². The van der Waals surface area contributed by atoms with Crippen LogP contribution in [0.4, 0.5) is 8.78 Å². The number of nitrogens with zero attached hydrogens (tertiary/aromatic N) is 2. The Balaban J connectivity index is 2.27. The second-order valence-electron chi connectivity index (χ2n) is 5.15. The summed E-state index contributed by atoms with van der Waals surface area (Å²) in [6.07, 6.45) is 1.15. The van der Waals surface area contributed by atoms with Crippen LogP contribution in [0.1, 0.15) is 36.6 Å². The number of fused-ring (bicyclic) bond motifs is 1. The molecule has 0 bridgehead atoms. The zero-order valence-electron chi connectivity index (χ0n) is 12.9. The van der Waals surface area contributed by atoms with E-state index < -0.39 is 25.1 Å². The fraction of sp³-hybridized carbons (Fsp3) is 0.692. The fourth-order valence-electron chi connectivity index (χ4n) is 2.60. The molecule has 0 radical (unpaired) electrons. The van der Waals surface area contributed by atoms with Crippen LogP contribution in [-0.4, -0.2) is 39.5 Å². The van der Waals surface area contributed by atoms with Gasteiger partial charge in [-0.3, -0.25) is 4.57 Å². The van der Waals surface area contributed by atoms with E-state index in [0.29, 0.717) is 0 Å². The molecule has 1 aromatic heterocycles. The summed E-state index contributed by atoms with van der Waals surface area (Å²) in [4.78, 5) is 14.8. The van der Waals surface area contributed by atoms with E-state index in [1.165, 1.54) is 24.6 Å². The number of carboxylic acid groups (broad SMARTS) is 1. The first-order valence-electron chi connectivity index (χ1n) is 7.31. The van der Waals surface area contributed by atoms with Gasteiger partial charge < -0.3 is 18.7 Å². The zero-order chi connectivity index (χ0) is 17.3. The number of rotatable bonds is 7. The Bertz CT molecular complexity index is 624. The molecular weight excluding hydrogens is 333 g/mol. The van der Waals surface area contributed by atoms with Crippen molar-refractivity contribution in [2.45, 2.75) is 38.9 Å². The number of carbonyl (C=O) groups is 1. The molecule has 23 heavy (non-hydrogen) atoms. The minimum Gasteiger partial charge on any atom is -0.476 e. The van der Waals surface area contributed by atoms with Gasteiger partial charge in [-0.15, -0.1) is 0 Å². The number of aromatic nitrogens is 2. The maximum Gasteiger partial charge on any atom is 0.399 e. The maximum absolute atomic E-state index is 14.7. The zero-order valence-corrected chi connectivity index (χ0v) is 13.8. The van der Waals surface area contributed by atoms with Crippen LogP contribution in [0.2, 0.25) is 0 Å². The average Bonchev–Trinajstić information content (AvgIpc) is 2.90. The summed E-state index contributed by atoms with van der Waals surface area (Å²) in [6, 6.07) is 0. The van der Waals surface area contributed by atoms with E-state index in [1.54, 1.807) is 0 Å². The highest BCUT2D eigenvalue weighted by molar-refractivity contribution is 7.55. The van der Waals surface area contributed by atoms with Crippen LogP contribution < -0.4 is 0 Å². The highest BCUT2D eigenvalue weighted by Gasteiger charge is 2.59. The molecule has 7 nitrogen and oxygen atoms in total. The van der Waals surface area contributed by atoms with E-state index in [-0.39, 0.29) is 44.1 Å². The van der Waals surface area contributed by atoms with Gasteiger partial charge in [0.2, 0.25) is 0 Å². The molecule has 0 aromatic carbocycles. The third kappa shape index (κ3) is 3.32. The predicted octanol–water partition coefficient (Wildman–Crippen LogP) is 3.00. The number of aromatic carboxylic acids is 1. The number of hydrogen-bond donors (Lipinski definition) is 1. The summed E-state index contributed by atoms with van der Waals surface area (Å²) in [6.45, 7) is 2.80. The molecule has 0 amide bonds. The first-order valence-corrected chi connectivity index (χ1v) is 8.85. The molecule has 10 heteroatoms. The second-order valence-corrected chi connectivity index (χ2v) is 7.26. The van der Waals surface area contributed by atoms with Gasteiger partial charge in [-0.05, 0) is 20.3 Å². The summed E-state index contributed by atoms with van der Waals surface area (Å²) in [5.41, 5.74) is -3.86. The van der Waals surface area contributed by atoms with Crippen LogP contribution in [0.3, 0.4) is 0 Å². The van der Waals surface area contributed by atoms with Crippen LogP contribution >= 0.6 is 7.60 Å². The lowest BCUT2D eigenvalue weighted by molar-refractivity contribution is -0.0216. The normalized spacial score (nSPS) is 18.7. The van der Waals surface area contributed by atoms with E-state index in [0.717, 1.165) is 0 Å². The van der Waals surface area contributed by atoms with Crippen LogP contribution in [0.5, 0.6) is 0 Å². The van der Waals surface area contributed by atoms with Crippen LogP contribution in [0.15, 0.2) is 6.20 Å². The predicted molar refractivity (Wildman–Crippen MR) is 76.8 cm³/mol. The van der Waals surface area contributed by atoms with Crippen molar-refractivity contribution in [2.75, 3.05) is 13.2 Å². The Morgan fingerprint density at radius 3 is 2.61 bits per heavy atom. The molecule has 130 valence electrons. The van der Waals surface area contributed by atoms with Crippen LogP contribution in [0.25, 0.3) is 0 Å². The molecule has 0 spiro atoms. The average molecular weight is 352 g/mol. The topological polar surface area (TPSA) is 90.7 Å². The number of halogens is 2. The molecule has 2 rings (SSSR count). The molecule has 1 aromatic rings. The lowest BCUT2D eigenvalue weighted by Gasteiger charge is -2.34. The van der Waals surface area contributed by atoms with Gasteiger partial charge in [0.1, 0.15) is 5.82 Å². The minimum absolute atomic E-state index is 0.0273. The third-order valence-electron chi connectivity index (χ3n) is 3.68. The van der Waals surface area contributed by atoms with Crippen molar-refractivity contribution in [3.63, 3.8) is 0 Å². The van der Waals surface area contributed by atoms with Crippen molar-refractivity contribution in [3.05, 3.63) is 17.7 Å². The van der Waals surface area contributed by atoms with E-state index in [4.69, 9.17) is 14.2 Å². The summed E-state index contributed by atoms with van der Waals surface area (Å²) in [5, 5.41) is 8.92. The molecule has 0 saturated carbocycles. The van der Waals surface area contributed by atoms with Gasteiger partial charge in [0.25, 0.3) is 0 Å². The number of hydrogen-bond acceptors (Lipinski definition) is 5. The Hall–Kier alpha value is -1.31. The van der Waals surface area contributed by atoms with Gasteiger partial charge in [-0.2, -0.15) is 8.78 Å². The summed E-state index contributed by atoms with van der Waals surface area (Å²) >= 11 is 0. The second kappa shape index (κ2) is 6.67. The van der Waals surface area contributed by atoms with Crippen molar-refractivity contribution in [1.29, 1.82) is 0 Å². The van der Waals surface area contributed by atoms with Crippen molar-refractivity contribution in [3.8, 4) is 0 Å². The molecule has 1 unspecified atom stereocenters. The number of carboxylic acids is 1. The molecule has 0 aliphatic carbocycles. The monoisotopic (exact) mass is 352 g/mol. The van der Waals surface area contributed by atoms with E-state index in [2.05, 4.69) is 4.98 Å². The maximum atomic E-state index is 14.7. The Morgan fingerprint density at radius 1 is 1.48 bits per heavy atom. The minimum atomic E-state index is -4.60. The first-order chi connectivity index (χ1) is 10.7. The van der Waals surface area contributed by atoms with Gasteiger partial charge in [-0.1, -0.05) is 0 Å². The van der Waals surface area contributed by atoms with E-state index >= 15 is 0 Å². The Morgan fingerprint density at radius 2 is 2.09 bits per heavy atom. The quantitative estimate of drug-likeness (QED) is 0.759. The van der Waals surface area contributed by atoms with Crippen LogP contribution in [-0.2, 0) is 26.6 Å². The number of imidazole rings is 1. The van der Waals surface area contributed by atoms with Crippen molar-refractivity contribution in [1.82, 2.24) is 9.55 Å². The summed E-state index contributed by atoms with van der Waals surface area (Å²) < 4.78 is 53.0. The summed E-state index contributed by atoms with van der Waals surface area (Å²) in [7, 11) is -4.60. The Kier molecular flexibility index (Phi) is 5.23. The van der Waals surface area contributed by atoms with Crippen molar-refractivity contribution in [2.24, 2.45) is 5.92 Å². The first kappa shape index (κ1) is 18.0. The molecule has 0 saturated heterocycles. The molecule has 1 atom stereocenters. The largest absolute Gasteiger partial charge is 0.476 e. The third-order valence-corrected chi connectivity index (χ3v) is 5.97. The Labute approximate surface area is 132 Å². The van der Waals surface area contributed by atoms with E-state index in [1.807, 2.05) is 0 Å². The lowest BCUT2D eigenvalue weighted by Crippen LogP contribution is -2.36. The van der Waals surface area contributed by atoms with Gasteiger partial charge in [-0.25, -0.2) is 9.78 Å². The van der Waals surface area contributed by atoms with Crippen LogP contribution in [0, 0.1) is 5.92 Å². The number of alkyl halides is 2. The SMILES string of the molecule is CCOP(=O)(OCC)C(F)(F)C1CCn2cc(C(=O)O)nc2C1.